The topological polar surface area (TPSA) is 51.5 Å². The summed E-state index contributed by atoms with van der Waals surface area (Å²) in [6.45, 7) is 5.13. The molecule has 0 fully saturated rings. The van der Waals surface area contributed by atoms with E-state index in [1.54, 1.807) is 6.07 Å². The molecule has 0 aliphatic rings. The van der Waals surface area contributed by atoms with E-state index in [1.807, 2.05) is 24.8 Å². The first-order chi connectivity index (χ1) is 8.69. The summed E-state index contributed by atoms with van der Waals surface area (Å²) in [4.78, 5) is 11.2. The van der Waals surface area contributed by atoms with Crippen LogP contribution < -0.4 is 5.32 Å². The van der Waals surface area contributed by atoms with E-state index in [1.165, 1.54) is 12.9 Å². The maximum Gasteiger partial charge on any atom is 0.373 e. The van der Waals surface area contributed by atoms with Gasteiger partial charge >= 0.3 is 5.97 Å². The smallest absolute Gasteiger partial charge is 0.373 e. The molecule has 0 bridgehead atoms. The largest absolute Gasteiger partial charge is 0.463 e. The number of methoxy groups -OCH3 is 1. The molecule has 0 amide bonds. The lowest BCUT2D eigenvalue weighted by atomic mass is 10.2. The van der Waals surface area contributed by atoms with Gasteiger partial charge in [-0.3, -0.25) is 0 Å². The fraction of sp³-hybridized carbons (Fsp3) is 0.615. The highest BCUT2D eigenvalue weighted by atomic mass is 32.2. The zero-order chi connectivity index (χ0) is 13.4. The third kappa shape index (κ3) is 4.74. The molecule has 0 aliphatic carbocycles. The quantitative estimate of drug-likeness (QED) is 0.582. The monoisotopic (exact) mass is 271 g/mol. The second-order valence-corrected chi connectivity index (χ2v) is 5.31. The summed E-state index contributed by atoms with van der Waals surface area (Å²) in [7, 11) is 1.34. The first-order valence-electron chi connectivity index (χ1n) is 6.18. The number of ether oxygens (including phenoxy) is 1. The molecule has 1 N–H and O–H groups in total. The zero-order valence-electron chi connectivity index (χ0n) is 11.2. The maximum atomic E-state index is 11.2. The van der Waals surface area contributed by atoms with E-state index in [9.17, 15) is 4.79 Å². The summed E-state index contributed by atoms with van der Waals surface area (Å²) in [5, 5.41) is 3.37. The Kier molecular flexibility index (Phi) is 6.90. The van der Waals surface area contributed by atoms with Crippen LogP contribution in [0.15, 0.2) is 16.5 Å². The number of carbonyl (C=O) groups is 1. The predicted molar refractivity (Wildman–Crippen MR) is 74.1 cm³/mol. The Balaban J connectivity index is 2.35. The maximum absolute atomic E-state index is 11.2. The Morgan fingerprint density at radius 3 is 3.00 bits per heavy atom. The van der Waals surface area contributed by atoms with Crippen molar-refractivity contribution in [2.45, 2.75) is 26.3 Å². The van der Waals surface area contributed by atoms with Crippen molar-refractivity contribution in [3.63, 3.8) is 0 Å². The van der Waals surface area contributed by atoms with Crippen LogP contribution in [0.2, 0.25) is 0 Å². The number of nitrogens with one attached hydrogen (secondary N) is 1. The molecule has 4 nitrogen and oxygen atoms in total. The summed E-state index contributed by atoms with van der Waals surface area (Å²) < 4.78 is 10.0. The summed E-state index contributed by atoms with van der Waals surface area (Å²) in [5.41, 5.74) is 0. The lowest BCUT2D eigenvalue weighted by Gasteiger charge is -2.10. The average Bonchev–Trinajstić information content (AvgIpc) is 2.87. The van der Waals surface area contributed by atoms with E-state index >= 15 is 0 Å². The molecule has 0 saturated carbocycles. The molecule has 0 saturated heterocycles. The van der Waals surface area contributed by atoms with Gasteiger partial charge in [0.1, 0.15) is 5.76 Å². The number of thioether (sulfide) groups is 1. The highest BCUT2D eigenvalue weighted by Gasteiger charge is 2.14. The first kappa shape index (κ1) is 15.1. The third-order valence-electron chi connectivity index (χ3n) is 2.56. The Morgan fingerprint density at radius 1 is 1.56 bits per heavy atom. The fourth-order valence-electron chi connectivity index (χ4n) is 1.53. The highest BCUT2D eigenvalue weighted by molar-refractivity contribution is 7.99. The summed E-state index contributed by atoms with van der Waals surface area (Å²) >= 11 is 1.94. The molecule has 1 unspecified atom stereocenters. The number of carbonyl (C=O) groups excluding carboxylic acids is 1. The van der Waals surface area contributed by atoms with Gasteiger partial charge in [0.05, 0.1) is 13.2 Å². The molecule has 1 aromatic heterocycles. The SMILES string of the molecule is CCSCCCNC(C)c1ccc(C(=O)OC)o1. The normalized spacial score (nSPS) is 12.4. The standard InChI is InChI=1S/C13H21NO3S/c1-4-18-9-5-8-14-10(2)11-6-7-12(17-11)13(15)16-3/h6-7,10,14H,4-5,8-9H2,1-3H3. The van der Waals surface area contributed by atoms with E-state index < -0.39 is 5.97 Å². The predicted octanol–water partition coefficient (Wildman–Crippen LogP) is 2.86. The summed E-state index contributed by atoms with van der Waals surface area (Å²) in [6.07, 6.45) is 1.13. The van der Waals surface area contributed by atoms with Gasteiger partial charge < -0.3 is 14.5 Å². The van der Waals surface area contributed by atoms with E-state index in [-0.39, 0.29) is 11.8 Å². The van der Waals surface area contributed by atoms with E-state index in [2.05, 4.69) is 17.0 Å². The highest BCUT2D eigenvalue weighted by Crippen LogP contribution is 2.16. The molecule has 0 radical (unpaired) electrons. The number of furan rings is 1. The summed E-state index contributed by atoms with van der Waals surface area (Å²) in [5.74, 6) is 2.91. The van der Waals surface area contributed by atoms with Gasteiger partial charge in [0.15, 0.2) is 0 Å². The van der Waals surface area contributed by atoms with E-state index in [0.29, 0.717) is 0 Å². The van der Waals surface area contributed by atoms with Gasteiger partial charge in [-0.2, -0.15) is 11.8 Å². The van der Waals surface area contributed by atoms with Crippen LogP contribution in [0.4, 0.5) is 0 Å². The minimum atomic E-state index is -0.437. The van der Waals surface area contributed by atoms with Crippen LogP contribution in [0.3, 0.4) is 0 Å². The fourth-order valence-corrected chi connectivity index (χ4v) is 2.17. The molecular weight excluding hydrogens is 250 g/mol. The van der Waals surface area contributed by atoms with Crippen LogP contribution in [0.5, 0.6) is 0 Å². The van der Waals surface area contributed by atoms with Gasteiger partial charge in [0.2, 0.25) is 5.76 Å². The Bertz CT molecular complexity index is 365. The van der Waals surface area contributed by atoms with Crippen molar-refractivity contribution in [3.05, 3.63) is 23.7 Å². The molecular formula is C13H21NO3S. The average molecular weight is 271 g/mol. The van der Waals surface area contributed by atoms with Gasteiger partial charge in [0.25, 0.3) is 0 Å². The van der Waals surface area contributed by atoms with Crippen LogP contribution in [-0.4, -0.2) is 31.1 Å². The number of hydrogen-bond acceptors (Lipinski definition) is 5. The number of esters is 1. The molecule has 1 heterocycles. The van der Waals surface area contributed by atoms with Crippen LogP contribution in [0.25, 0.3) is 0 Å². The van der Waals surface area contributed by atoms with Crippen molar-refractivity contribution >= 4 is 17.7 Å². The van der Waals surface area contributed by atoms with Crippen molar-refractivity contribution in [3.8, 4) is 0 Å². The minimum Gasteiger partial charge on any atom is -0.463 e. The van der Waals surface area contributed by atoms with Crippen LogP contribution in [-0.2, 0) is 4.74 Å². The molecule has 1 aromatic rings. The molecule has 0 spiro atoms. The van der Waals surface area contributed by atoms with Gasteiger partial charge in [-0.1, -0.05) is 6.92 Å². The van der Waals surface area contributed by atoms with Crippen LogP contribution >= 0.6 is 11.8 Å². The minimum absolute atomic E-state index is 0.107. The molecule has 1 atom stereocenters. The lowest BCUT2D eigenvalue weighted by Crippen LogP contribution is -2.19. The third-order valence-corrected chi connectivity index (χ3v) is 3.55. The Morgan fingerprint density at radius 2 is 2.33 bits per heavy atom. The number of rotatable bonds is 8. The summed E-state index contributed by atoms with van der Waals surface area (Å²) in [6, 6.07) is 3.56. The molecule has 0 aliphatic heterocycles. The zero-order valence-corrected chi connectivity index (χ0v) is 12.0. The molecule has 0 aromatic carbocycles. The molecule has 18 heavy (non-hydrogen) atoms. The second kappa shape index (κ2) is 8.21. The van der Waals surface area contributed by atoms with Crippen LogP contribution in [0, 0.1) is 0 Å². The lowest BCUT2D eigenvalue weighted by molar-refractivity contribution is 0.0562. The Hall–Kier alpha value is -0.940. The van der Waals surface area contributed by atoms with Crippen molar-refractivity contribution in [2.75, 3.05) is 25.2 Å². The van der Waals surface area contributed by atoms with E-state index in [0.717, 1.165) is 24.5 Å². The van der Waals surface area contributed by atoms with E-state index in [4.69, 9.17) is 4.42 Å². The molecule has 1 rings (SSSR count). The number of hydrogen-bond donors (Lipinski definition) is 1. The molecule has 5 heteroatoms. The van der Waals surface area contributed by atoms with Gasteiger partial charge in [0, 0.05) is 0 Å². The Labute approximate surface area is 112 Å². The first-order valence-corrected chi connectivity index (χ1v) is 7.33. The van der Waals surface area contributed by atoms with Gasteiger partial charge in [-0.25, -0.2) is 4.79 Å². The van der Waals surface area contributed by atoms with Crippen LogP contribution in [0.1, 0.15) is 42.6 Å². The van der Waals surface area contributed by atoms with Gasteiger partial charge in [-0.05, 0) is 43.5 Å². The van der Waals surface area contributed by atoms with Gasteiger partial charge in [-0.15, -0.1) is 0 Å². The van der Waals surface area contributed by atoms with Crippen molar-refractivity contribution in [1.82, 2.24) is 5.32 Å². The van der Waals surface area contributed by atoms with Crippen molar-refractivity contribution in [2.24, 2.45) is 0 Å². The van der Waals surface area contributed by atoms with Crippen molar-refractivity contribution in [1.29, 1.82) is 0 Å². The second-order valence-electron chi connectivity index (χ2n) is 3.92. The molecule has 102 valence electrons. The van der Waals surface area contributed by atoms with Crippen molar-refractivity contribution < 1.29 is 13.9 Å².